The topological polar surface area (TPSA) is 95.9 Å². The van der Waals surface area contributed by atoms with Crippen LogP contribution >= 0.6 is 0 Å². The van der Waals surface area contributed by atoms with Crippen molar-refractivity contribution in [2.24, 2.45) is 0 Å². The van der Waals surface area contributed by atoms with Crippen LogP contribution in [0.1, 0.15) is 284 Å². The highest BCUT2D eigenvalue weighted by Gasteiger charge is 2.24. The predicted octanol–water partition coefficient (Wildman–Crippen LogP) is 15.3. The standard InChI is InChI=1S/C52H101NO5/c1-4-7-10-13-16-19-22-24-25-26-28-30-33-36-39-42-45-52(57)58-48(43-40-37-34-31-29-27-23-20-17-14-11-8-5-2)46-51(56)53-49(47-54)50(55)44-41-38-35-32-21-18-15-12-9-6-3/h25-26,48-50,54-55H,4-24,27-47H2,1-3H3,(H,53,56)/b26-25+. The van der Waals surface area contributed by atoms with Crippen molar-refractivity contribution in [1.82, 2.24) is 5.32 Å². The molecule has 3 unspecified atom stereocenters. The van der Waals surface area contributed by atoms with E-state index in [9.17, 15) is 19.8 Å². The first-order valence-corrected chi connectivity index (χ1v) is 25.9. The molecule has 344 valence electrons. The van der Waals surface area contributed by atoms with Gasteiger partial charge in [-0.05, 0) is 51.4 Å². The second-order valence-electron chi connectivity index (χ2n) is 17.9. The van der Waals surface area contributed by atoms with Crippen LogP contribution in [-0.2, 0) is 14.3 Å². The van der Waals surface area contributed by atoms with E-state index in [4.69, 9.17) is 4.74 Å². The molecule has 0 fully saturated rings. The second kappa shape index (κ2) is 46.7. The van der Waals surface area contributed by atoms with Gasteiger partial charge in [-0.3, -0.25) is 9.59 Å². The van der Waals surface area contributed by atoms with Gasteiger partial charge in [0, 0.05) is 6.42 Å². The van der Waals surface area contributed by atoms with Crippen molar-refractivity contribution in [3.8, 4) is 0 Å². The van der Waals surface area contributed by atoms with E-state index in [2.05, 4.69) is 38.2 Å². The SMILES string of the molecule is CCCCCCCCC/C=C/CCCCCCCC(=O)OC(CCCCCCCCCCCCCCC)CC(=O)NC(CO)C(O)CCCCCCCCCCCC. The Hall–Kier alpha value is -1.40. The van der Waals surface area contributed by atoms with Gasteiger partial charge in [-0.2, -0.15) is 0 Å². The van der Waals surface area contributed by atoms with E-state index in [1.54, 1.807) is 0 Å². The van der Waals surface area contributed by atoms with Gasteiger partial charge in [0.15, 0.2) is 0 Å². The highest BCUT2D eigenvalue weighted by atomic mass is 16.5. The summed E-state index contributed by atoms with van der Waals surface area (Å²) in [6.45, 7) is 6.49. The highest BCUT2D eigenvalue weighted by molar-refractivity contribution is 5.77. The summed E-state index contributed by atoms with van der Waals surface area (Å²) in [5.41, 5.74) is 0. The zero-order valence-electron chi connectivity index (χ0n) is 39.2. The van der Waals surface area contributed by atoms with E-state index in [1.807, 2.05) is 0 Å². The minimum Gasteiger partial charge on any atom is -0.462 e. The number of carbonyl (C=O) groups excluding carboxylic acids is 2. The first kappa shape index (κ1) is 56.6. The molecule has 3 N–H and O–H groups in total. The van der Waals surface area contributed by atoms with Crippen molar-refractivity contribution < 1.29 is 24.5 Å². The summed E-state index contributed by atoms with van der Waals surface area (Å²) < 4.78 is 5.93. The first-order chi connectivity index (χ1) is 28.5. The Morgan fingerprint density at radius 3 is 1.22 bits per heavy atom. The minimum atomic E-state index is -0.782. The van der Waals surface area contributed by atoms with Gasteiger partial charge in [0.1, 0.15) is 6.10 Å². The summed E-state index contributed by atoms with van der Waals surface area (Å²) in [4.78, 5) is 26.1. The van der Waals surface area contributed by atoms with E-state index in [1.165, 1.54) is 186 Å². The van der Waals surface area contributed by atoms with Gasteiger partial charge in [0.2, 0.25) is 5.91 Å². The fourth-order valence-electron chi connectivity index (χ4n) is 8.13. The molecule has 0 aliphatic heterocycles. The summed E-state index contributed by atoms with van der Waals surface area (Å²) in [6, 6.07) is -0.695. The molecule has 0 saturated heterocycles. The third-order valence-electron chi connectivity index (χ3n) is 12.1. The van der Waals surface area contributed by atoms with E-state index < -0.39 is 18.2 Å². The van der Waals surface area contributed by atoms with Crippen molar-refractivity contribution in [1.29, 1.82) is 0 Å². The molecule has 0 aromatic carbocycles. The van der Waals surface area contributed by atoms with Crippen molar-refractivity contribution >= 4 is 11.9 Å². The number of nitrogens with one attached hydrogen (secondary N) is 1. The van der Waals surface area contributed by atoms with E-state index in [-0.39, 0.29) is 24.9 Å². The molecule has 58 heavy (non-hydrogen) atoms. The molecule has 0 bridgehead atoms. The Morgan fingerprint density at radius 2 is 0.828 bits per heavy atom. The summed E-state index contributed by atoms with van der Waals surface area (Å²) >= 11 is 0. The van der Waals surface area contributed by atoms with E-state index >= 15 is 0 Å². The highest BCUT2D eigenvalue weighted by Crippen LogP contribution is 2.18. The molecule has 0 spiro atoms. The number of aliphatic hydroxyl groups excluding tert-OH is 2. The van der Waals surface area contributed by atoms with Crippen molar-refractivity contribution in [3.05, 3.63) is 12.2 Å². The minimum absolute atomic E-state index is 0.0813. The van der Waals surface area contributed by atoms with Crippen molar-refractivity contribution in [2.75, 3.05) is 6.61 Å². The number of allylic oxidation sites excluding steroid dienone is 2. The van der Waals surface area contributed by atoms with Crippen LogP contribution in [0.4, 0.5) is 0 Å². The Labute approximate surface area is 361 Å². The van der Waals surface area contributed by atoms with Crippen LogP contribution in [0.25, 0.3) is 0 Å². The third kappa shape index (κ3) is 41.3. The lowest BCUT2D eigenvalue weighted by molar-refractivity contribution is -0.151. The van der Waals surface area contributed by atoms with Gasteiger partial charge in [-0.1, -0.05) is 232 Å². The van der Waals surface area contributed by atoms with Crippen LogP contribution in [0, 0.1) is 0 Å². The number of hydrogen-bond donors (Lipinski definition) is 3. The van der Waals surface area contributed by atoms with Crippen LogP contribution in [0.2, 0.25) is 0 Å². The number of unbranched alkanes of at least 4 members (excludes halogenated alkanes) is 33. The van der Waals surface area contributed by atoms with Gasteiger partial charge in [-0.25, -0.2) is 0 Å². The van der Waals surface area contributed by atoms with Crippen LogP contribution in [0.15, 0.2) is 12.2 Å². The molecule has 0 rings (SSSR count). The lowest BCUT2D eigenvalue weighted by Gasteiger charge is -2.24. The Bertz CT molecular complexity index is 878. The lowest BCUT2D eigenvalue weighted by atomic mass is 10.0. The molecule has 0 saturated carbocycles. The summed E-state index contributed by atoms with van der Waals surface area (Å²) in [7, 11) is 0. The fraction of sp³-hybridized carbons (Fsp3) is 0.923. The Kier molecular flexibility index (Phi) is 45.5. The Morgan fingerprint density at radius 1 is 0.483 bits per heavy atom. The van der Waals surface area contributed by atoms with Crippen LogP contribution in [0.5, 0.6) is 0 Å². The van der Waals surface area contributed by atoms with Crippen LogP contribution in [-0.4, -0.2) is 46.9 Å². The summed E-state index contributed by atoms with van der Waals surface area (Å²) in [5.74, 6) is -0.467. The monoisotopic (exact) mass is 820 g/mol. The zero-order chi connectivity index (χ0) is 42.4. The van der Waals surface area contributed by atoms with Gasteiger partial charge in [-0.15, -0.1) is 0 Å². The maximum absolute atomic E-state index is 13.2. The molecule has 6 nitrogen and oxygen atoms in total. The molecular weight excluding hydrogens is 719 g/mol. The molecule has 3 atom stereocenters. The summed E-state index contributed by atoms with van der Waals surface area (Å²) in [5, 5.41) is 23.7. The number of amides is 1. The first-order valence-electron chi connectivity index (χ1n) is 25.9. The predicted molar refractivity (Wildman–Crippen MR) is 250 cm³/mol. The molecule has 0 aromatic heterocycles. The van der Waals surface area contributed by atoms with E-state index in [0.29, 0.717) is 19.3 Å². The van der Waals surface area contributed by atoms with Gasteiger partial charge in [0.05, 0.1) is 25.2 Å². The average molecular weight is 820 g/mol. The number of aliphatic hydroxyl groups is 2. The zero-order valence-corrected chi connectivity index (χ0v) is 39.2. The molecule has 0 radical (unpaired) electrons. The smallest absolute Gasteiger partial charge is 0.306 e. The molecule has 1 amide bonds. The van der Waals surface area contributed by atoms with Gasteiger partial charge < -0.3 is 20.3 Å². The van der Waals surface area contributed by atoms with Crippen LogP contribution < -0.4 is 5.32 Å². The van der Waals surface area contributed by atoms with Gasteiger partial charge >= 0.3 is 5.97 Å². The van der Waals surface area contributed by atoms with Crippen LogP contribution in [0.3, 0.4) is 0 Å². The number of rotatable bonds is 47. The number of esters is 1. The van der Waals surface area contributed by atoms with E-state index in [0.717, 1.165) is 51.4 Å². The van der Waals surface area contributed by atoms with Gasteiger partial charge in [0.25, 0.3) is 0 Å². The quantitative estimate of drug-likeness (QED) is 0.0323. The van der Waals surface area contributed by atoms with Crippen molar-refractivity contribution in [2.45, 2.75) is 302 Å². The fourth-order valence-corrected chi connectivity index (χ4v) is 8.13. The third-order valence-corrected chi connectivity index (χ3v) is 12.1. The maximum Gasteiger partial charge on any atom is 0.306 e. The Balaban J connectivity index is 4.53. The number of hydrogen-bond acceptors (Lipinski definition) is 5. The molecule has 0 heterocycles. The van der Waals surface area contributed by atoms with Crippen molar-refractivity contribution in [3.63, 3.8) is 0 Å². The second-order valence-corrected chi connectivity index (χ2v) is 17.9. The normalized spacial score (nSPS) is 13.3. The average Bonchev–Trinajstić information content (AvgIpc) is 3.22. The molecule has 0 aliphatic carbocycles. The maximum atomic E-state index is 13.2. The molecular formula is C52H101NO5. The lowest BCUT2D eigenvalue weighted by Crippen LogP contribution is -2.46. The molecule has 0 aliphatic rings. The number of carbonyl (C=O) groups is 2. The summed E-state index contributed by atoms with van der Waals surface area (Å²) in [6.07, 6.45) is 51.3. The largest absolute Gasteiger partial charge is 0.462 e. The molecule has 0 aromatic rings. The number of ether oxygens (including phenoxy) is 1. The molecule has 6 heteroatoms.